The van der Waals surface area contributed by atoms with Crippen LogP contribution in [0, 0.1) is 0 Å². The van der Waals surface area contributed by atoms with E-state index >= 15 is 0 Å². The molecule has 3 heteroatoms. The summed E-state index contributed by atoms with van der Waals surface area (Å²) in [6.45, 7) is 0.796. The van der Waals surface area contributed by atoms with Gasteiger partial charge in [0.05, 0.1) is 0 Å². The Morgan fingerprint density at radius 1 is 0.545 bits per heavy atom. The fraction of sp³-hybridized carbons (Fsp3) is 0.0667. The van der Waals surface area contributed by atoms with Crippen molar-refractivity contribution in [2.45, 2.75) is 12.5 Å². The van der Waals surface area contributed by atoms with Crippen LogP contribution in [-0.4, -0.2) is 5.91 Å². The van der Waals surface area contributed by atoms with Gasteiger partial charge < -0.3 is 5.32 Å². The first-order valence-electron chi connectivity index (χ1n) is 11.3. The number of benzene rings is 5. The normalized spacial score (nSPS) is 12.0. The first kappa shape index (κ1) is 21.4. The SMILES string of the molecule is c1ccc(CNC(Nc2ccc3ccccc3c2)P(c2ccccc2)c2ccccc2)cc1. The summed E-state index contributed by atoms with van der Waals surface area (Å²) in [7, 11) is -0.700. The van der Waals surface area contributed by atoms with Crippen LogP contribution in [0.15, 0.2) is 133 Å². The quantitative estimate of drug-likeness (QED) is 0.211. The summed E-state index contributed by atoms with van der Waals surface area (Å²) in [6.07, 6.45) is 0. The molecule has 33 heavy (non-hydrogen) atoms. The zero-order valence-electron chi connectivity index (χ0n) is 18.4. The molecule has 0 bridgehead atoms. The fourth-order valence-corrected chi connectivity index (χ4v) is 6.51. The van der Waals surface area contributed by atoms with Crippen molar-refractivity contribution in [3.63, 3.8) is 0 Å². The molecule has 0 amide bonds. The summed E-state index contributed by atoms with van der Waals surface area (Å²) in [5, 5.41) is 12.9. The third-order valence-corrected chi connectivity index (χ3v) is 8.26. The van der Waals surface area contributed by atoms with Crippen LogP contribution >= 0.6 is 7.92 Å². The molecule has 5 rings (SSSR count). The van der Waals surface area contributed by atoms with Gasteiger partial charge >= 0.3 is 0 Å². The molecule has 0 saturated carbocycles. The van der Waals surface area contributed by atoms with Crippen LogP contribution in [-0.2, 0) is 6.54 Å². The highest BCUT2D eigenvalue weighted by Crippen LogP contribution is 2.39. The maximum absolute atomic E-state index is 3.86. The van der Waals surface area contributed by atoms with Crippen LogP contribution in [0.3, 0.4) is 0 Å². The lowest BCUT2D eigenvalue weighted by Gasteiger charge is -2.31. The molecule has 162 valence electrons. The zero-order valence-corrected chi connectivity index (χ0v) is 19.3. The predicted octanol–water partition coefficient (Wildman–Crippen LogP) is 6.46. The lowest BCUT2D eigenvalue weighted by molar-refractivity contribution is 0.692. The minimum atomic E-state index is -0.700. The van der Waals surface area contributed by atoms with E-state index in [0.717, 1.165) is 12.2 Å². The van der Waals surface area contributed by atoms with Crippen molar-refractivity contribution >= 4 is 35.0 Å². The standard InChI is InChI=1S/C30H27N2P/c1-4-12-24(13-5-1)23-31-30(32-27-21-20-25-14-10-11-15-26(25)22-27)33(28-16-6-2-7-17-28)29-18-8-3-9-19-29/h1-22,30-32H,23H2. The topological polar surface area (TPSA) is 24.1 Å². The molecule has 1 unspecified atom stereocenters. The van der Waals surface area contributed by atoms with Gasteiger partial charge in [0.1, 0.15) is 5.91 Å². The lowest BCUT2D eigenvalue weighted by atomic mass is 10.1. The molecule has 5 aromatic carbocycles. The van der Waals surface area contributed by atoms with Crippen molar-refractivity contribution in [2.24, 2.45) is 0 Å². The molecule has 2 N–H and O–H groups in total. The molecule has 0 aromatic heterocycles. The fourth-order valence-electron chi connectivity index (χ4n) is 4.08. The lowest BCUT2D eigenvalue weighted by Crippen LogP contribution is -2.39. The average molecular weight is 447 g/mol. The van der Waals surface area contributed by atoms with Gasteiger partial charge in [-0.15, -0.1) is 0 Å². The number of hydrogen-bond acceptors (Lipinski definition) is 2. The molecule has 0 aliphatic carbocycles. The van der Waals surface area contributed by atoms with E-state index in [2.05, 4.69) is 144 Å². The minimum Gasteiger partial charge on any atom is -0.366 e. The minimum absolute atomic E-state index is 0.0613. The summed E-state index contributed by atoms with van der Waals surface area (Å²) >= 11 is 0. The predicted molar refractivity (Wildman–Crippen MR) is 144 cm³/mol. The van der Waals surface area contributed by atoms with Gasteiger partial charge in [0, 0.05) is 12.2 Å². The van der Waals surface area contributed by atoms with Crippen molar-refractivity contribution in [3.8, 4) is 0 Å². The van der Waals surface area contributed by atoms with Gasteiger partial charge in [-0.25, -0.2) is 0 Å². The van der Waals surface area contributed by atoms with Crippen molar-refractivity contribution in [1.82, 2.24) is 5.32 Å². The van der Waals surface area contributed by atoms with Crippen molar-refractivity contribution in [3.05, 3.63) is 139 Å². The molecule has 0 saturated heterocycles. The van der Waals surface area contributed by atoms with Crippen LogP contribution in [0.5, 0.6) is 0 Å². The first-order valence-corrected chi connectivity index (χ1v) is 12.7. The van der Waals surface area contributed by atoms with Crippen LogP contribution < -0.4 is 21.2 Å². The maximum atomic E-state index is 3.86. The van der Waals surface area contributed by atoms with E-state index in [9.17, 15) is 0 Å². The molecule has 0 aliphatic rings. The second-order valence-electron chi connectivity index (χ2n) is 8.02. The van der Waals surface area contributed by atoms with Gasteiger partial charge in [-0.05, 0) is 47.0 Å². The molecule has 0 spiro atoms. The highest BCUT2D eigenvalue weighted by molar-refractivity contribution is 7.73. The van der Waals surface area contributed by atoms with E-state index in [1.807, 2.05) is 0 Å². The average Bonchev–Trinajstić information content (AvgIpc) is 2.89. The third kappa shape index (κ3) is 5.31. The molecule has 2 nitrogen and oxygen atoms in total. The van der Waals surface area contributed by atoms with E-state index in [-0.39, 0.29) is 5.91 Å². The van der Waals surface area contributed by atoms with Gasteiger partial charge in [0.15, 0.2) is 0 Å². The number of rotatable bonds is 8. The van der Waals surface area contributed by atoms with Crippen LogP contribution in [0.4, 0.5) is 5.69 Å². The molecule has 0 heterocycles. The molecular weight excluding hydrogens is 419 g/mol. The Hall–Kier alpha value is -3.45. The number of hydrogen-bond donors (Lipinski definition) is 2. The van der Waals surface area contributed by atoms with Gasteiger partial charge in [-0.2, -0.15) is 0 Å². The van der Waals surface area contributed by atoms with E-state index in [0.29, 0.717) is 0 Å². The summed E-state index contributed by atoms with van der Waals surface area (Å²) in [4.78, 5) is 0. The Balaban J connectivity index is 1.52. The van der Waals surface area contributed by atoms with Crippen LogP contribution in [0.25, 0.3) is 10.8 Å². The number of fused-ring (bicyclic) bond motifs is 1. The Labute approximate surface area is 197 Å². The second-order valence-corrected chi connectivity index (χ2v) is 10.3. The third-order valence-electron chi connectivity index (χ3n) is 5.72. The van der Waals surface area contributed by atoms with E-state index in [1.165, 1.54) is 26.9 Å². The first-order chi connectivity index (χ1) is 16.4. The smallest absolute Gasteiger partial charge is 0.105 e. The summed E-state index contributed by atoms with van der Waals surface area (Å²) < 4.78 is 0. The molecule has 0 fully saturated rings. The highest BCUT2D eigenvalue weighted by atomic mass is 31.1. The maximum Gasteiger partial charge on any atom is 0.105 e. The molecular formula is C30H27N2P. The van der Waals surface area contributed by atoms with Crippen molar-refractivity contribution in [2.75, 3.05) is 5.32 Å². The van der Waals surface area contributed by atoms with Gasteiger partial charge in [-0.3, -0.25) is 5.32 Å². The highest BCUT2D eigenvalue weighted by Gasteiger charge is 2.24. The number of nitrogens with one attached hydrogen (secondary N) is 2. The van der Waals surface area contributed by atoms with Crippen molar-refractivity contribution in [1.29, 1.82) is 0 Å². The summed E-state index contributed by atoms with van der Waals surface area (Å²) in [5.74, 6) is 0.0613. The Morgan fingerprint density at radius 2 is 1.09 bits per heavy atom. The largest absolute Gasteiger partial charge is 0.366 e. The molecule has 0 radical (unpaired) electrons. The Morgan fingerprint density at radius 3 is 1.73 bits per heavy atom. The van der Waals surface area contributed by atoms with Gasteiger partial charge in [0.25, 0.3) is 0 Å². The molecule has 5 aromatic rings. The van der Waals surface area contributed by atoms with Crippen LogP contribution in [0.1, 0.15) is 5.56 Å². The van der Waals surface area contributed by atoms with Crippen molar-refractivity contribution < 1.29 is 0 Å². The van der Waals surface area contributed by atoms with Crippen LogP contribution in [0.2, 0.25) is 0 Å². The summed E-state index contributed by atoms with van der Waals surface area (Å²) in [5.41, 5.74) is 2.40. The number of anilines is 1. The monoisotopic (exact) mass is 446 g/mol. The van der Waals surface area contributed by atoms with E-state index in [4.69, 9.17) is 0 Å². The Bertz CT molecular complexity index is 1250. The summed E-state index contributed by atoms with van der Waals surface area (Å²) in [6, 6.07) is 47.5. The Kier molecular flexibility index (Phi) is 6.77. The van der Waals surface area contributed by atoms with Gasteiger partial charge in [-0.1, -0.05) is 121 Å². The van der Waals surface area contributed by atoms with E-state index < -0.39 is 7.92 Å². The van der Waals surface area contributed by atoms with Gasteiger partial charge in [0.2, 0.25) is 0 Å². The zero-order chi connectivity index (χ0) is 22.3. The molecule has 1 atom stereocenters. The second kappa shape index (κ2) is 10.4. The van der Waals surface area contributed by atoms with E-state index in [1.54, 1.807) is 0 Å². The molecule has 0 aliphatic heterocycles.